The highest BCUT2D eigenvalue weighted by molar-refractivity contribution is 7.90. The number of amides is 1. The summed E-state index contributed by atoms with van der Waals surface area (Å²) in [5, 5.41) is 0. The maximum Gasteiger partial charge on any atom is 0.513 e. The van der Waals surface area contributed by atoms with Gasteiger partial charge in [0.25, 0.3) is 5.91 Å². The van der Waals surface area contributed by atoms with Crippen LogP contribution in [0.25, 0.3) is 0 Å². The second kappa shape index (κ2) is 3.87. The Kier molecular flexibility index (Phi) is 3.60. The summed E-state index contributed by atoms with van der Waals surface area (Å²) in [6, 6.07) is 0. The van der Waals surface area contributed by atoms with Crippen LogP contribution in [0.3, 0.4) is 0 Å². The molecule has 1 amide bonds. The van der Waals surface area contributed by atoms with Crippen LogP contribution in [0.1, 0.15) is 0 Å². The summed E-state index contributed by atoms with van der Waals surface area (Å²) >= 11 is 0. The summed E-state index contributed by atoms with van der Waals surface area (Å²) in [7, 11) is -5.65. The van der Waals surface area contributed by atoms with E-state index in [1.54, 1.807) is 0 Å². The summed E-state index contributed by atoms with van der Waals surface area (Å²) in [6.45, 7) is -1.62. The van der Waals surface area contributed by atoms with Gasteiger partial charge in [-0.3, -0.25) is 10.2 Å². The lowest BCUT2D eigenvalue weighted by molar-refractivity contribution is -0.122. The molecule has 78 valence electrons. The number of carbonyl (C=O) groups is 1. The van der Waals surface area contributed by atoms with Gasteiger partial charge in [-0.2, -0.15) is 13.2 Å². The number of halogens is 4. The highest BCUT2D eigenvalue weighted by atomic mass is 32.2. The third-order valence-corrected chi connectivity index (χ3v) is 1.73. The molecule has 0 aliphatic heterocycles. The van der Waals surface area contributed by atoms with Gasteiger partial charge in [0.2, 0.25) is 0 Å². The molecule has 0 heterocycles. The van der Waals surface area contributed by atoms with E-state index >= 15 is 0 Å². The first-order valence-corrected chi connectivity index (χ1v) is 4.12. The molecule has 10 heteroatoms. The van der Waals surface area contributed by atoms with Crippen LogP contribution in [0, 0.1) is 0 Å². The van der Waals surface area contributed by atoms with Crippen molar-refractivity contribution in [2.75, 3.05) is 6.67 Å². The van der Waals surface area contributed by atoms with E-state index in [2.05, 4.69) is 0 Å². The van der Waals surface area contributed by atoms with Gasteiger partial charge in [0.15, 0.2) is 6.67 Å². The van der Waals surface area contributed by atoms with Crippen LogP contribution in [-0.2, 0) is 14.8 Å². The normalized spacial score (nSPS) is 12.6. The molecule has 0 atom stereocenters. The van der Waals surface area contributed by atoms with Crippen molar-refractivity contribution in [3.8, 4) is 0 Å². The van der Waals surface area contributed by atoms with Crippen LogP contribution in [0.5, 0.6) is 0 Å². The Bertz CT molecular complexity index is 283. The predicted molar refractivity (Wildman–Crippen MR) is 32.2 cm³/mol. The van der Waals surface area contributed by atoms with Gasteiger partial charge in [0, 0.05) is 0 Å². The summed E-state index contributed by atoms with van der Waals surface area (Å²) in [6.07, 6.45) is 0. The smallest absolute Gasteiger partial charge is 0.275 e. The molecule has 0 unspecified atom stereocenters. The van der Waals surface area contributed by atoms with E-state index in [9.17, 15) is 30.8 Å². The minimum atomic E-state index is -5.65. The van der Waals surface area contributed by atoms with Crippen LogP contribution in [-0.4, -0.2) is 26.5 Å². The Hall–Kier alpha value is -0.900. The van der Waals surface area contributed by atoms with Crippen LogP contribution >= 0.6 is 0 Å². The van der Waals surface area contributed by atoms with E-state index in [4.69, 9.17) is 0 Å². The van der Waals surface area contributed by atoms with E-state index in [1.165, 1.54) is 0 Å². The van der Waals surface area contributed by atoms with Gasteiger partial charge in [-0.05, 0) is 0 Å². The molecule has 0 aliphatic carbocycles. The SMILES string of the molecule is O=C(CF)NNS(=O)(=O)C(F)(F)F. The zero-order valence-corrected chi connectivity index (χ0v) is 6.67. The second-order valence-corrected chi connectivity index (χ2v) is 3.41. The predicted octanol–water partition coefficient (Wildman–Crippen LogP) is -0.574. The Morgan fingerprint density at radius 3 is 2.08 bits per heavy atom. The van der Waals surface area contributed by atoms with Crippen molar-refractivity contribution in [1.29, 1.82) is 0 Å². The summed E-state index contributed by atoms with van der Waals surface area (Å²) in [4.78, 5) is 10.7. The number of carbonyl (C=O) groups excluding carboxylic acids is 1. The van der Waals surface area contributed by atoms with Crippen molar-refractivity contribution in [2.24, 2.45) is 0 Å². The number of hydrogen-bond acceptors (Lipinski definition) is 3. The molecule has 0 saturated carbocycles. The van der Waals surface area contributed by atoms with E-state index in [-0.39, 0.29) is 0 Å². The van der Waals surface area contributed by atoms with Gasteiger partial charge < -0.3 is 0 Å². The van der Waals surface area contributed by atoms with E-state index in [0.717, 1.165) is 5.43 Å². The number of sulfonamides is 1. The average Bonchev–Trinajstić information content (AvgIpc) is 1.98. The van der Waals surface area contributed by atoms with Crippen LogP contribution in [0.2, 0.25) is 0 Å². The number of rotatable bonds is 3. The van der Waals surface area contributed by atoms with Gasteiger partial charge in [0.05, 0.1) is 0 Å². The Morgan fingerprint density at radius 2 is 1.77 bits per heavy atom. The molecule has 0 rings (SSSR count). The number of nitrogens with one attached hydrogen (secondary N) is 2. The minimum Gasteiger partial charge on any atom is -0.275 e. The Balaban J connectivity index is 4.30. The maximum atomic E-state index is 11.5. The first kappa shape index (κ1) is 12.1. The molecule has 0 aliphatic rings. The molecule has 0 aromatic rings. The van der Waals surface area contributed by atoms with Gasteiger partial charge in [-0.1, -0.05) is 0 Å². The lowest BCUT2D eigenvalue weighted by Gasteiger charge is -2.08. The topological polar surface area (TPSA) is 75.3 Å². The van der Waals surface area contributed by atoms with Gasteiger partial charge in [0.1, 0.15) is 0 Å². The standard InChI is InChI=1S/C3H4F4N2O3S/c4-1-2(10)8-9-13(11,12)3(5,6)7/h9H,1H2,(H,8,10). The zero-order valence-electron chi connectivity index (χ0n) is 5.85. The highest BCUT2D eigenvalue weighted by Gasteiger charge is 2.46. The van der Waals surface area contributed by atoms with Crippen LogP contribution < -0.4 is 10.3 Å². The van der Waals surface area contributed by atoms with Crippen molar-refractivity contribution in [1.82, 2.24) is 10.3 Å². The average molecular weight is 224 g/mol. The molecular formula is C3H4F4N2O3S. The molecule has 0 bridgehead atoms. The molecule has 0 radical (unpaired) electrons. The highest BCUT2D eigenvalue weighted by Crippen LogP contribution is 2.20. The summed E-state index contributed by atoms with van der Waals surface area (Å²) in [5.41, 5.74) is -4.54. The molecule has 0 aromatic carbocycles. The van der Waals surface area contributed by atoms with Crippen LogP contribution in [0.4, 0.5) is 17.6 Å². The monoisotopic (exact) mass is 224 g/mol. The molecule has 2 N–H and O–H groups in total. The van der Waals surface area contributed by atoms with Crippen molar-refractivity contribution >= 4 is 15.9 Å². The summed E-state index contributed by atoms with van der Waals surface area (Å²) < 4.78 is 66.0. The first-order chi connectivity index (χ1) is 5.70. The second-order valence-electron chi connectivity index (χ2n) is 1.73. The molecular weight excluding hydrogens is 220 g/mol. The molecule has 0 saturated heterocycles. The molecule has 13 heavy (non-hydrogen) atoms. The zero-order chi connectivity index (χ0) is 10.7. The fourth-order valence-electron chi connectivity index (χ4n) is 0.215. The van der Waals surface area contributed by atoms with Gasteiger partial charge in [-0.25, -0.2) is 12.8 Å². The quantitative estimate of drug-likeness (QED) is 0.497. The van der Waals surface area contributed by atoms with Crippen molar-refractivity contribution < 1.29 is 30.8 Å². The van der Waals surface area contributed by atoms with Gasteiger partial charge >= 0.3 is 15.5 Å². The fourth-order valence-corrected chi connectivity index (χ4v) is 0.579. The summed E-state index contributed by atoms with van der Waals surface area (Å²) in [5.74, 6) is -1.52. The Morgan fingerprint density at radius 1 is 1.31 bits per heavy atom. The fraction of sp³-hybridized carbons (Fsp3) is 0.667. The lowest BCUT2D eigenvalue weighted by Crippen LogP contribution is -2.47. The van der Waals surface area contributed by atoms with E-state index in [0.29, 0.717) is 4.83 Å². The molecule has 5 nitrogen and oxygen atoms in total. The third-order valence-electron chi connectivity index (χ3n) is 0.751. The molecule has 0 spiro atoms. The first-order valence-electron chi connectivity index (χ1n) is 2.63. The maximum absolute atomic E-state index is 11.5. The van der Waals surface area contributed by atoms with E-state index in [1.807, 2.05) is 0 Å². The third kappa shape index (κ3) is 3.55. The molecule has 0 aromatic heterocycles. The van der Waals surface area contributed by atoms with E-state index < -0.39 is 28.1 Å². The van der Waals surface area contributed by atoms with Crippen molar-refractivity contribution in [2.45, 2.75) is 5.51 Å². The molecule has 0 fully saturated rings. The van der Waals surface area contributed by atoms with Gasteiger partial charge in [-0.15, -0.1) is 4.83 Å². The lowest BCUT2D eigenvalue weighted by atomic mass is 10.7. The van der Waals surface area contributed by atoms with Crippen molar-refractivity contribution in [3.05, 3.63) is 0 Å². The largest absolute Gasteiger partial charge is 0.513 e. The number of alkyl halides is 4. The van der Waals surface area contributed by atoms with Crippen LogP contribution in [0.15, 0.2) is 0 Å². The minimum absolute atomic E-state index is 0.657. The van der Waals surface area contributed by atoms with Crippen molar-refractivity contribution in [3.63, 3.8) is 0 Å². The Labute approximate surface area is 70.1 Å². The number of hydrazine groups is 1. The number of hydrogen-bond donors (Lipinski definition) is 2.